The van der Waals surface area contributed by atoms with Crippen molar-refractivity contribution in [3.8, 4) is 17.6 Å². The van der Waals surface area contributed by atoms with Crippen LogP contribution in [0.15, 0.2) is 59.5 Å². The van der Waals surface area contributed by atoms with E-state index in [1.54, 1.807) is 42.7 Å². The van der Waals surface area contributed by atoms with Crippen molar-refractivity contribution in [3.63, 3.8) is 0 Å². The number of benzene rings is 3. The molecule has 0 radical (unpaired) electrons. The lowest BCUT2D eigenvalue weighted by atomic mass is 10.1. The minimum Gasteiger partial charge on any atom is -0.456 e. The van der Waals surface area contributed by atoms with Crippen LogP contribution >= 0.6 is 23.4 Å². The fourth-order valence-corrected chi connectivity index (χ4v) is 3.60. The molecule has 8 heteroatoms. The summed E-state index contributed by atoms with van der Waals surface area (Å²) in [5, 5.41) is 12.2. The average Bonchev–Trinajstić information content (AvgIpc) is 2.74. The van der Waals surface area contributed by atoms with Crippen molar-refractivity contribution in [1.29, 1.82) is 5.26 Å². The number of halogens is 2. The minimum atomic E-state index is -0.694. The van der Waals surface area contributed by atoms with E-state index >= 15 is 0 Å². The molecule has 0 fully saturated rings. The molecular weight excluding hydrogens is 439 g/mol. The summed E-state index contributed by atoms with van der Waals surface area (Å²) in [7, 11) is 0. The van der Waals surface area contributed by atoms with Crippen LogP contribution < -0.4 is 10.1 Å². The van der Waals surface area contributed by atoms with Crippen molar-refractivity contribution < 1.29 is 18.7 Å². The van der Waals surface area contributed by atoms with Gasteiger partial charge in [-0.1, -0.05) is 11.6 Å². The number of thioether (sulfide) groups is 1. The van der Waals surface area contributed by atoms with Crippen LogP contribution in [0, 0.1) is 17.1 Å². The quantitative estimate of drug-likeness (QED) is 0.348. The van der Waals surface area contributed by atoms with E-state index in [0.717, 1.165) is 12.1 Å². The fourth-order valence-electron chi connectivity index (χ4n) is 2.90. The number of nitriles is 1. The smallest absolute Gasteiger partial charge is 0.256 e. The first-order valence-corrected chi connectivity index (χ1v) is 10.6. The van der Waals surface area contributed by atoms with Crippen molar-refractivity contribution >= 4 is 40.7 Å². The second-order valence-corrected chi connectivity index (χ2v) is 7.70. The number of nitrogens with zero attached hydrogens (tertiary/aromatic N) is 1. The van der Waals surface area contributed by atoms with Crippen LogP contribution in [-0.2, 0) is 0 Å². The molecule has 0 saturated heterocycles. The molecule has 3 aromatic rings. The predicted molar refractivity (Wildman–Crippen MR) is 119 cm³/mol. The average molecular weight is 455 g/mol. The third-order valence-corrected chi connectivity index (χ3v) is 5.33. The summed E-state index contributed by atoms with van der Waals surface area (Å²) in [6.45, 7) is 1.29. The van der Waals surface area contributed by atoms with Gasteiger partial charge in [0.05, 0.1) is 28.4 Å². The number of anilines is 1. The van der Waals surface area contributed by atoms with Gasteiger partial charge in [-0.05, 0) is 61.7 Å². The molecule has 0 aliphatic carbocycles. The zero-order valence-corrected chi connectivity index (χ0v) is 18.1. The molecule has 3 aromatic carbocycles. The summed E-state index contributed by atoms with van der Waals surface area (Å²) in [5.41, 5.74) is 0.536. The Kier molecular flexibility index (Phi) is 6.95. The van der Waals surface area contributed by atoms with Crippen molar-refractivity contribution in [1.82, 2.24) is 0 Å². The molecule has 156 valence electrons. The third-order valence-electron chi connectivity index (χ3n) is 4.28. The van der Waals surface area contributed by atoms with E-state index < -0.39 is 17.5 Å². The highest BCUT2D eigenvalue weighted by atomic mass is 35.5. The van der Waals surface area contributed by atoms with Gasteiger partial charge in [0, 0.05) is 16.0 Å². The Balaban J connectivity index is 2.02. The number of ether oxygens (including phenoxy) is 1. The van der Waals surface area contributed by atoms with Gasteiger partial charge in [0.2, 0.25) is 0 Å². The van der Waals surface area contributed by atoms with Gasteiger partial charge >= 0.3 is 0 Å². The highest BCUT2D eigenvalue weighted by Gasteiger charge is 2.21. The van der Waals surface area contributed by atoms with Crippen LogP contribution in [0.25, 0.3) is 0 Å². The van der Waals surface area contributed by atoms with Gasteiger partial charge in [-0.2, -0.15) is 5.26 Å². The first-order chi connectivity index (χ1) is 14.8. The third kappa shape index (κ3) is 5.23. The molecule has 0 heterocycles. The standard InChI is InChI=1S/C23H16ClFN2O3S/c1-13(28)22-19(27-23(29)18-9-14(12-26)3-8-21(18)31-2)10-16(25)11-20(22)30-17-6-4-15(24)5-7-17/h3-11H,1-2H3,(H,27,29). The number of amides is 1. The molecule has 0 aromatic heterocycles. The molecule has 0 aliphatic heterocycles. The van der Waals surface area contributed by atoms with E-state index in [1.165, 1.54) is 24.8 Å². The van der Waals surface area contributed by atoms with Crippen LogP contribution in [0.4, 0.5) is 10.1 Å². The van der Waals surface area contributed by atoms with Crippen molar-refractivity contribution in [2.45, 2.75) is 11.8 Å². The van der Waals surface area contributed by atoms with E-state index in [0.29, 0.717) is 21.2 Å². The summed E-state index contributed by atoms with van der Waals surface area (Å²) >= 11 is 7.20. The van der Waals surface area contributed by atoms with Crippen LogP contribution in [0.1, 0.15) is 33.2 Å². The Hall–Kier alpha value is -3.34. The van der Waals surface area contributed by atoms with E-state index in [1.807, 2.05) is 6.07 Å². The van der Waals surface area contributed by atoms with Gasteiger partial charge in [-0.25, -0.2) is 4.39 Å². The number of ketones is 1. The van der Waals surface area contributed by atoms with E-state index in [4.69, 9.17) is 21.6 Å². The summed E-state index contributed by atoms with van der Waals surface area (Å²) < 4.78 is 20.0. The SMILES string of the molecule is CSc1ccc(C#N)cc1C(=O)Nc1cc(F)cc(Oc2ccc(Cl)cc2)c1C(C)=O. The Morgan fingerprint density at radius 3 is 2.45 bits per heavy atom. The Morgan fingerprint density at radius 2 is 1.84 bits per heavy atom. The maximum Gasteiger partial charge on any atom is 0.256 e. The maximum atomic E-state index is 14.3. The zero-order valence-electron chi connectivity index (χ0n) is 16.5. The minimum absolute atomic E-state index is 0.0202. The predicted octanol–water partition coefficient (Wildman–Crippen LogP) is 6.32. The molecule has 3 rings (SSSR count). The number of carbonyl (C=O) groups is 2. The molecule has 1 N–H and O–H groups in total. The van der Waals surface area contributed by atoms with Gasteiger partial charge in [0.15, 0.2) is 5.78 Å². The highest BCUT2D eigenvalue weighted by molar-refractivity contribution is 7.98. The molecule has 0 aliphatic rings. The molecular formula is C23H16ClFN2O3S. The number of Topliss-reactive ketones (excluding diaryl/α,β-unsaturated/α-hetero) is 1. The first kappa shape index (κ1) is 22.3. The monoisotopic (exact) mass is 454 g/mol. The van der Waals surface area contributed by atoms with Gasteiger partial charge in [-0.15, -0.1) is 11.8 Å². The Morgan fingerprint density at radius 1 is 1.13 bits per heavy atom. The molecule has 0 saturated carbocycles. The number of hydrogen-bond donors (Lipinski definition) is 1. The summed E-state index contributed by atoms with van der Waals surface area (Å²) in [6.07, 6.45) is 1.79. The summed E-state index contributed by atoms with van der Waals surface area (Å²) in [5.74, 6) is -1.38. The first-order valence-electron chi connectivity index (χ1n) is 8.99. The van der Waals surface area contributed by atoms with Gasteiger partial charge in [0.25, 0.3) is 5.91 Å². The molecule has 0 atom stereocenters. The molecule has 31 heavy (non-hydrogen) atoms. The lowest BCUT2D eigenvalue weighted by molar-refractivity contribution is 0.101. The molecule has 0 bridgehead atoms. The van der Waals surface area contributed by atoms with Crippen LogP contribution in [-0.4, -0.2) is 17.9 Å². The van der Waals surface area contributed by atoms with Crippen molar-refractivity contribution in [2.24, 2.45) is 0 Å². The highest BCUT2D eigenvalue weighted by Crippen LogP contribution is 2.34. The number of nitrogens with one attached hydrogen (secondary N) is 1. The van der Waals surface area contributed by atoms with E-state index in [2.05, 4.69) is 5.32 Å². The largest absolute Gasteiger partial charge is 0.456 e. The molecule has 5 nitrogen and oxygen atoms in total. The van der Waals surface area contributed by atoms with Crippen LogP contribution in [0.2, 0.25) is 5.02 Å². The van der Waals surface area contributed by atoms with E-state index in [9.17, 15) is 14.0 Å². The molecule has 1 amide bonds. The molecule has 0 spiro atoms. The lowest BCUT2D eigenvalue weighted by Crippen LogP contribution is -2.16. The topological polar surface area (TPSA) is 79.2 Å². The fraction of sp³-hybridized carbons (Fsp3) is 0.0870. The summed E-state index contributed by atoms with van der Waals surface area (Å²) in [4.78, 5) is 25.9. The second-order valence-electron chi connectivity index (χ2n) is 6.42. The van der Waals surface area contributed by atoms with Gasteiger partial charge in [0.1, 0.15) is 17.3 Å². The van der Waals surface area contributed by atoms with Crippen molar-refractivity contribution in [3.05, 3.63) is 82.1 Å². The van der Waals surface area contributed by atoms with E-state index in [-0.39, 0.29) is 22.6 Å². The van der Waals surface area contributed by atoms with Gasteiger partial charge < -0.3 is 10.1 Å². The zero-order chi connectivity index (χ0) is 22.5. The lowest BCUT2D eigenvalue weighted by Gasteiger charge is -2.16. The number of rotatable bonds is 6. The van der Waals surface area contributed by atoms with Gasteiger partial charge in [-0.3, -0.25) is 9.59 Å². The second kappa shape index (κ2) is 9.65. The van der Waals surface area contributed by atoms with Crippen LogP contribution in [0.5, 0.6) is 11.5 Å². The molecule has 0 unspecified atom stereocenters. The van der Waals surface area contributed by atoms with Crippen LogP contribution in [0.3, 0.4) is 0 Å². The Labute approximate surface area is 187 Å². The maximum absolute atomic E-state index is 14.3. The normalized spacial score (nSPS) is 10.3. The van der Waals surface area contributed by atoms with Crippen molar-refractivity contribution in [2.75, 3.05) is 11.6 Å². The number of carbonyl (C=O) groups excluding carboxylic acids is 2. The number of hydrogen-bond acceptors (Lipinski definition) is 5. The summed E-state index contributed by atoms with van der Waals surface area (Å²) in [6, 6.07) is 15.2. The Bertz CT molecular complexity index is 1210.